The van der Waals surface area contributed by atoms with Crippen LogP contribution in [0.2, 0.25) is 0 Å². The number of pyridine rings is 2. The molecule has 1 aliphatic carbocycles. The molecule has 5 aromatic carbocycles. The molecule has 4 heteroatoms. The van der Waals surface area contributed by atoms with Gasteiger partial charge in [0, 0.05) is 35.8 Å². The monoisotopic (exact) mass is 604 g/mol. The summed E-state index contributed by atoms with van der Waals surface area (Å²) in [7, 11) is 2.14. The molecule has 0 unspecified atom stereocenters. The van der Waals surface area contributed by atoms with Gasteiger partial charge >= 0.3 is 0 Å². The SMILES string of the molecule is CN1c2ccccc2N(c2c3cccnc3c(C3=CCCC(c4ccccc4-c4ccccc4)=C3)c3cccnc23)c2ccccc21. The zero-order chi connectivity index (χ0) is 31.3. The van der Waals surface area contributed by atoms with Crippen molar-refractivity contribution in [3.05, 3.63) is 163 Å². The Kier molecular flexibility index (Phi) is 6.46. The number of hydrogen-bond acceptors (Lipinski definition) is 4. The third-order valence-corrected chi connectivity index (χ3v) is 9.55. The van der Waals surface area contributed by atoms with Gasteiger partial charge in [-0.05, 0) is 83.1 Å². The fraction of sp³-hybridized carbons (Fsp3) is 0.0698. The van der Waals surface area contributed by atoms with Crippen molar-refractivity contribution in [2.45, 2.75) is 12.8 Å². The number of allylic oxidation sites excluding steroid dienone is 4. The molecule has 2 aliphatic rings. The van der Waals surface area contributed by atoms with Crippen molar-refractivity contribution in [2.75, 3.05) is 16.8 Å². The zero-order valence-electron chi connectivity index (χ0n) is 26.1. The van der Waals surface area contributed by atoms with E-state index in [9.17, 15) is 0 Å². The molecular weight excluding hydrogens is 573 g/mol. The number of hydrogen-bond donors (Lipinski definition) is 0. The molecule has 7 aromatic rings. The second kappa shape index (κ2) is 11.1. The highest BCUT2D eigenvalue weighted by Crippen LogP contribution is 2.54. The van der Waals surface area contributed by atoms with Crippen LogP contribution in [-0.2, 0) is 0 Å². The molecule has 0 radical (unpaired) electrons. The Morgan fingerprint density at radius 1 is 0.553 bits per heavy atom. The topological polar surface area (TPSA) is 32.3 Å². The molecule has 0 fully saturated rings. The summed E-state index contributed by atoms with van der Waals surface area (Å²) in [5, 5.41) is 2.18. The minimum Gasteiger partial charge on any atom is -0.341 e. The maximum Gasteiger partial charge on any atom is 0.0956 e. The number of nitrogens with zero attached hydrogens (tertiary/aromatic N) is 4. The van der Waals surface area contributed by atoms with E-state index in [2.05, 4.69) is 150 Å². The Bertz CT molecular complexity index is 2280. The lowest BCUT2D eigenvalue weighted by Crippen LogP contribution is -2.24. The van der Waals surface area contributed by atoms with Gasteiger partial charge in [-0.2, -0.15) is 0 Å². The van der Waals surface area contributed by atoms with Crippen molar-refractivity contribution in [2.24, 2.45) is 0 Å². The molecule has 9 rings (SSSR count). The van der Waals surface area contributed by atoms with Gasteiger partial charge in [0.2, 0.25) is 0 Å². The first-order valence-electron chi connectivity index (χ1n) is 16.2. The van der Waals surface area contributed by atoms with Gasteiger partial charge < -0.3 is 9.80 Å². The maximum absolute atomic E-state index is 5.13. The Labute approximate surface area is 274 Å². The van der Waals surface area contributed by atoms with Crippen LogP contribution in [0.25, 0.3) is 44.1 Å². The van der Waals surface area contributed by atoms with Crippen molar-refractivity contribution in [1.82, 2.24) is 9.97 Å². The van der Waals surface area contributed by atoms with E-state index in [1.807, 2.05) is 18.5 Å². The average Bonchev–Trinajstić information content (AvgIpc) is 3.15. The Hall–Kier alpha value is -6.00. The summed E-state index contributed by atoms with van der Waals surface area (Å²) < 4.78 is 0. The highest BCUT2D eigenvalue weighted by molar-refractivity contribution is 6.20. The Balaban J connectivity index is 1.29. The van der Waals surface area contributed by atoms with Gasteiger partial charge in [-0.3, -0.25) is 9.97 Å². The van der Waals surface area contributed by atoms with E-state index >= 15 is 0 Å². The maximum atomic E-state index is 5.13. The lowest BCUT2D eigenvalue weighted by atomic mass is 9.85. The van der Waals surface area contributed by atoms with Crippen LogP contribution in [0.15, 0.2) is 152 Å². The molecule has 0 atom stereocenters. The lowest BCUT2D eigenvalue weighted by Gasteiger charge is -2.39. The van der Waals surface area contributed by atoms with Gasteiger partial charge in [-0.15, -0.1) is 0 Å². The largest absolute Gasteiger partial charge is 0.341 e. The van der Waals surface area contributed by atoms with E-state index in [1.54, 1.807) is 0 Å². The molecule has 0 saturated carbocycles. The van der Waals surface area contributed by atoms with Crippen LogP contribution >= 0.6 is 0 Å². The first kappa shape index (κ1) is 27.3. The molecule has 0 N–H and O–H groups in total. The van der Waals surface area contributed by atoms with Gasteiger partial charge in [0.25, 0.3) is 0 Å². The van der Waals surface area contributed by atoms with E-state index < -0.39 is 0 Å². The predicted octanol–water partition coefficient (Wildman–Crippen LogP) is 11.3. The molecule has 47 heavy (non-hydrogen) atoms. The molecule has 0 bridgehead atoms. The van der Waals surface area contributed by atoms with E-state index in [1.165, 1.54) is 27.8 Å². The number of para-hydroxylation sites is 4. The summed E-state index contributed by atoms with van der Waals surface area (Å²) >= 11 is 0. The smallest absolute Gasteiger partial charge is 0.0956 e. The second-order valence-corrected chi connectivity index (χ2v) is 12.2. The molecule has 0 spiro atoms. The lowest BCUT2D eigenvalue weighted by molar-refractivity contribution is 1.06. The van der Waals surface area contributed by atoms with E-state index in [4.69, 9.17) is 9.97 Å². The van der Waals surface area contributed by atoms with Gasteiger partial charge in [0.05, 0.1) is 39.5 Å². The van der Waals surface area contributed by atoms with E-state index in [-0.39, 0.29) is 0 Å². The Morgan fingerprint density at radius 2 is 1.15 bits per heavy atom. The summed E-state index contributed by atoms with van der Waals surface area (Å²) in [5.74, 6) is 0. The van der Waals surface area contributed by atoms with Crippen LogP contribution in [0, 0.1) is 0 Å². The standard InChI is InChI=1S/C43H32N4/c1-46-36-22-7-9-24-38(36)47(39-25-10-8-23-37(39)46)43-35-21-13-26-44-41(35)40(34-20-12-27-45-42(34)43)31-17-11-16-30(28-31)33-19-6-5-18-32(33)29-14-3-2-4-15-29/h2-10,12-15,17-28H,11,16H2,1H3. The number of benzene rings is 5. The molecule has 0 amide bonds. The van der Waals surface area contributed by atoms with Crippen LogP contribution in [-0.4, -0.2) is 17.0 Å². The summed E-state index contributed by atoms with van der Waals surface area (Å²) in [4.78, 5) is 14.9. The summed E-state index contributed by atoms with van der Waals surface area (Å²) in [5.41, 5.74) is 15.0. The van der Waals surface area contributed by atoms with Crippen molar-refractivity contribution in [3.8, 4) is 11.1 Å². The van der Waals surface area contributed by atoms with Gasteiger partial charge in [0.15, 0.2) is 0 Å². The van der Waals surface area contributed by atoms with Crippen molar-refractivity contribution in [3.63, 3.8) is 0 Å². The normalized spacial score (nSPS) is 14.1. The third kappa shape index (κ3) is 4.37. The number of rotatable bonds is 4. The summed E-state index contributed by atoms with van der Waals surface area (Å²) in [6.07, 6.45) is 10.6. The van der Waals surface area contributed by atoms with E-state index in [0.29, 0.717) is 0 Å². The predicted molar refractivity (Wildman–Crippen MR) is 197 cm³/mol. The molecule has 2 aromatic heterocycles. The molecular formula is C43H32N4. The number of aromatic nitrogens is 2. The fourth-order valence-corrected chi connectivity index (χ4v) is 7.46. The van der Waals surface area contributed by atoms with Gasteiger partial charge in [-0.25, -0.2) is 0 Å². The molecule has 1 aliphatic heterocycles. The minimum absolute atomic E-state index is 0.960. The molecule has 224 valence electrons. The summed E-state index contributed by atoms with van der Waals surface area (Å²) in [6, 6.07) is 45.2. The Morgan fingerprint density at radius 3 is 1.87 bits per heavy atom. The number of anilines is 5. The quantitative estimate of drug-likeness (QED) is 0.187. The average molecular weight is 605 g/mol. The van der Waals surface area contributed by atoms with Crippen LogP contribution in [0.1, 0.15) is 24.0 Å². The fourth-order valence-electron chi connectivity index (χ4n) is 7.46. The molecule has 0 saturated heterocycles. The van der Waals surface area contributed by atoms with Crippen molar-refractivity contribution in [1.29, 1.82) is 0 Å². The van der Waals surface area contributed by atoms with Gasteiger partial charge in [-0.1, -0.05) is 97.1 Å². The highest BCUT2D eigenvalue weighted by Gasteiger charge is 2.31. The van der Waals surface area contributed by atoms with E-state index in [0.717, 1.165) is 68.6 Å². The highest BCUT2D eigenvalue weighted by atomic mass is 15.3. The first-order valence-corrected chi connectivity index (χ1v) is 16.2. The molecule has 4 nitrogen and oxygen atoms in total. The first-order chi connectivity index (χ1) is 23.3. The second-order valence-electron chi connectivity index (χ2n) is 12.2. The zero-order valence-corrected chi connectivity index (χ0v) is 26.1. The summed E-state index contributed by atoms with van der Waals surface area (Å²) in [6.45, 7) is 0. The van der Waals surface area contributed by atoms with Crippen LogP contribution < -0.4 is 9.80 Å². The van der Waals surface area contributed by atoms with Crippen LogP contribution in [0.5, 0.6) is 0 Å². The minimum atomic E-state index is 0.960. The van der Waals surface area contributed by atoms with Crippen molar-refractivity contribution < 1.29 is 0 Å². The molecule has 3 heterocycles. The van der Waals surface area contributed by atoms with Crippen molar-refractivity contribution >= 4 is 61.4 Å². The van der Waals surface area contributed by atoms with Gasteiger partial charge in [0.1, 0.15) is 0 Å². The third-order valence-electron chi connectivity index (χ3n) is 9.55. The number of fused-ring (bicyclic) bond motifs is 4. The van der Waals surface area contributed by atoms with Crippen LogP contribution in [0.3, 0.4) is 0 Å². The van der Waals surface area contributed by atoms with Crippen LogP contribution in [0.4, 0.5) is 28.4 Å².